The summed E-state index contributed by atoms with van der Waals surface area (Å²) >= 11 is 1.78. The van der Waals surface area contributed by atoms with Gasteiger partial charge in [0, 0.05) is 22.9 Å². The van der Waals surface area contributed by atoms with E-state index in [0.717, 1.165) is 17.1 Å². The van der Waals surface area contributed by atoms with Crippen LogP contribution >= 0.6 is 11.8 Å². The Balaban J connectivity index is 2.00. The van der Waals surface area contributed by atoms with Gasteiger partial charge in [-0.25, -0.2) is 0 Å². The Bertz CT molecular complexity index is 587. The number of aryl methyl sites for hydroxylation is 1. The second-order valence-electron chi connectivity index (χ2n) is 5.30. The molecule has 1 aromatic carbocycles. The molecule has 0 amide bonds. The molecule has 1 aromatic heterocycles. The van der Waals surface area contributed by atoms with Crippen molar-refractivity contribution in [2.45, 2.75) is 37.8 Å². The van der Waals surface area contributed by atoms with Crippen molar-refractivity contribution < 1.29 is 4.74 Å². The highest BCUT2D eigenvalue weighted by molar-refractivity contribution is 7.99. The van der Waals surface area contributed by atoms with Crippen molar-refractivity contribution in [3.63, 3.8) is 0 Å². The summed E-state index contributed by atoms with van der Waals surface area (Å²) in [6.07, 6.45) is 3.68. The molecule has 3 nitrogen and oxygen atoms in total. The third-order valence-corrected chi connectivity index (χ3v) is 4.34. The molecule has 0 aliphatic heterocycles. The van der Waals surface area contributed by atoms with Crippen LogP contribution in [0.1, 0.15) is 31.0 Å². The van der Waals surface area contributed by atoms with Gasteiger partial charge in [0.2, 0.25) is 0 Å². The van der Waals surface area contributed by atoms with Crippen molar-refractivity contribution in [2.24, 2.45) is 5.73 Å². The van der Waals surface area contributed by atoms with Gasteiger partial charge in [0.25, 0.3) is 0 Å². The summed E-state index contributed by atoms with van der Waals surface area (Å²) in [4.78, 5) is 5.49. The third-order valence-electron chi connectivity index (χ3n) is 3.05. The highest BCUT2D eigenvalue weighted by Crippen LogP contribution is 2.27. The predicted molar refractivity (Wildman–Crippen MR) is 88.8 cm³/mol. The first-order valence-corrected chi connectivity index (χ1v) is 8.10. The molecule has 21 heavy (non-hydrogen) atoms. The zero-order valence-corrected chi connectivity index (χ0v) is 13.6. The van der Waals surface area contributed by atoms with E-state index in [2.05, 4.69) is 36.2 Å². The van der Waals surface area contributed by atoms with Gasteiger partial charge in [-0.05, 0) is 44.0 Å². The van der Waals surface area contributed by atoms with E-state index in [0.29, 0.717) is 0 Å². The Morgan fingerprint density at radius 1 is 1.24 bits per heavy atom. The Morgan fingerprint density at radius 2 is 2.00 bits per heavy atom. The monoisotopic (exact) mass is 302 g/mol. The van der Waals surface area contributed by atoms with Gasteiger partial charge >= 0.3 is 0 Å². The second-order valence-corrected chi connectivity index (χ2v) is 6.37. The summed E-state index contributed by atoms with van der Waals surface area (Å²) in [5.74, 6) is 1.59. The van der Waals surface area contributed by atoms with Crippen LogP contribution in [-0.2, 0) is 0 Å². The summed E-state index contributed by atoms with van der Waals surface area (Å²) in [5, 5.41) is 0. The maximum atomic E-state index is 6.28. The van der Waals surface area contributed by atoms with E-state index in [1.54, 1.807) is 18.0 Å². The largest absolute Gasteiger partial charge is 0.489 e. The van der Waals surface area contributed by atoms with E-state index in [9.17, 15) is 0 Å². The minimum atomic E-state index is -0.0576. The van der Waals surface area contributed by atoms with E-state index in [1.807, 2.05) is 26.1 Å². The number of hydrogen-bond donors (Lipinski definition) is 1. The zero-order chi connectivity index (χ0) is 15.2. The highest BCUT2D eigenvalue weighted by atomic mass is 32.2. The number of ether oxygens (including phenoxy) is 1. The molecule has 2 rings (SSSR count). The van der Waals surface area contributed by atoms with Crippen LogP contribution < -0.4 is 10.5 Å². The van der Waals surface area contributed by atoms with Crippen molar-refractivity contribution in [1.82, 2.24) is 4.98 Å². The van der Waals surface area contributed by atoms with E-state index >= 15 is 0 Å². The fraction of sp³-hybridized carbons (Fsp3) is 0.353. The SMILES string of the molecule is Cc1ccccc1SCC(N)c1cncc(OC(C)C)c1. The number of aromatic nitrogens is 1. The molecule has 112 valence electrons. The Morgan fingerprint density at radius 3 is 2.71 bits per heavy atom. The van der Waals surface area contributed by atoms with Crippen molar-refractivity contribution in [1.29, 1.82) is 0 Å². The second kappa shape index (κ2) is 7.48. The number of benzene rings is 1. The molecule has 1 unspecified atom stereocenters. The number of hydrogen-bond acceptors (Lipinski definition) is 4. The van der Waals surface area contributed by atoms with Crippen LogP contribution in [0.5, 0.6) is 5.75 Å². The first kappa shape index (κ1) is 15.9. The van der Waals surface area contributed by atoms with Gasteiger partial charge in [-0.2, -0.15) is 0 Å². The fourth-order valence-corrected chi connectivity index (χ4v) is 2.99. The van der Waals surface area contributed by atoms with Crippen molar-refractivity contribution in [3.05, 3.63) is 53.9 Å². The van der Waals surface area contributed by atoms with Crippen LogP contribution in [0.4, 0.5) is 0 Å². The number of thioether (sulfide) groups is 1. The van der Waals surface area contributed by atoms with Gasteiger partial charge < -0.3 is 10.5 Å². The smallest absolute Gasteiger partial charge is 0.138 e. The topological polar surface area (TPSA) is 48.1 Å². The van der Waals surface area contributed by atoms with Crippen LogP contribution in [0.15, 0.2) is 47.6 Å². The van der Waals surface area contributed by atoms with Crippen LogP contribution in [-0.4, -0.2) is 16.8 Å². The molecule has 0 aliphatic rings. The molecule has 0 saturated heterocycles. The molecule has 0 aliphatic carbocycles. The summed E-state index contributed by atoms with van der Waals surface area (Å²) in [6.45, 7) is 6.12. The quantitative estimate of drug-likeness (QED) is 0.820. The normalized spacial score (nSPS) is 12.4. The predicted octanol–water partition coefficient (Wildman–Crippen LogP) is 3.97. The lowest BCUT2D eigenvalue weighted by molar-refractivity contribution is 0.241. The van der Waals surface area contributed by atoms with Gasteiger partial charge in [0.05, 0.1) is 12.3 Å². The van der Waals surface area contributed by atoms with Crippen LogP contribution in [0, 0.1) is 6.92 Å². The summed E-state index contributed by atoms with van der Waals surface area (Å²) in [7, 11) is 0. The summed E-state index contributed by atoms with van der Waals surface area (Å²) in [6, 6.07) is 10.3. The minimum Gasteiger partial charge on any atom is -0.489 e. The van der Waals surface area contributed by atoms with Crippen molar-refractivity contribution in [2.75, 3.05) is 5.75 Å². The molecule has 1 heterocycles. The van der Waals surface area contributed by atoms with Gasteiger partial charge in [-0.15, -0.1) is 11.8 Å². The Labute approximate surface area is 130 Å². The third kappa shape index (κ3) is 4.76. The summed E-state index contributed by atoms with van der Waals surface area (Å²) in [5.41, 5.74) is 8.57. The average molecular weight is 302 g/mol. The maximum absolute atomic E-state index is 6.28. The van der Waals surface area contributed by atoms with E-state index < -0.39 is 0 Å². The van der Waals surface area contributed by atoms with E-state index in [1.165, 1.54) is 10.5 Å². The average Bonchev–Trinajstić information content (AvgIpc) is 2.45. The van der Waals surface area contributed by atoms with Crippen LogP contribution in [0.3, 0.4) is 0 Å². The molecule has 0 spiro atoms. The summed E-state index contributed by atoms with van der Waals surface area (Å²) < 4.78 is 5.66. The standard InChI is InChI=1S/C17H22N2OS/c1-12(2)20-15-8-14(9-19-10-15)16(18)11-21-17-7-5-4-6-13(17)3/h4-10,12,16H,11,18H2,1-3H3. The molecule has 1 atom stereocenters. The number of nitrogens with two attached hydrogens (primary N) is 1. The van der Waals surface area contributed by atoms with Crippen molar-refractivity contribution in [3.8, 4) is 5.75 Å². The molecule has 0 fully saturated rings. The first-order valence-electron chi connectivity index (χ1n) is 7.12. The molecule has 2 aromatic rings. The van der Waals surface area contributed by atoms with Gasteiger partial charge in [-0.1, -0.05) is 18.2 Å². The van der Waals surface area contributed by atoms with Crippen LogP contribution in [0.2, 0.25) is 0 Å². The Kier molecular flexibility index (Phi) is 5.65. The molecular weight excluding hydrogens is 280 g/mol. The molecular formula is C17H22N2OS. The zero-order valence-electron chi connectivity index (χ0n) is 12.7. The Hall–Kier alpha value is -1.52. The first-order chi connectivity index (χ1) is 10.1. The van der Waals surface area contributed by atoms with E-state index in [-0.39, 0.29) is 12.1 Å². The minimum absolute atomic E-state index is 0.0576. The van der Waals surface area contributed by atoms with E-state index in [4.69, 9.17) is 10.5 Å². The highest BCUT2D eigenvalue weighted by Gasteiger charge is 2.10. The molecule has 0 radical (unpaired) electrons. The lowest BCUT2D eigenvalue weighted by Crippen LogP contribution is -2.14. The number of rotatable bonds is 6. The molecule has 4 heteroatoms. The van der Waals surface area contributed by atoms with Gasteiger partial charge in [-0.3, -0.25) is 4.98 Å². The molecule has 0 saturated carbocycles. The lowest BCUT2D eigenvalue weighted by Gasteiger charge is -2.15. The van der Waals surface area contributed by atoms with Gasteiger partial charge in [0.1, 0.15) is 5.75 Å². The van der Waals surface area contributed by atoms with Crippen molar-refractivity contribution >= 4 is 11.8 Å². The van der Waals surface area contributed by atoms with Gasteiger partial charge in [0.15, 0.2) is 0 Å². The fourth-order valence-electron chi connectivity index (χ4n) is 1.97. The van der Waals surface area contributed by atoms with Crippen LogP contribution in [0.25, 0.3) is 0 Å². The lowest BCUT2D eigenvalue weighted by atomic mass is 10.1. The number of nitrogens with zero attached hydrogens (tertiary/aromatic N) is 1. The molecule has 2 N–H and O–H groups in total. The molecule has 0 bridgehead atoms. The maximum Gasteiger partial charge on any atom is 0.138 e. The number of pyridine rings is 1.